The van der Waals surface area contributed by atoms with E-state index in [0.717, 1.165) is 24.9 Å². The van der Waals surface area contributed by atoms with Gasteiger partial charge < -0.3 is 4.74 Å². The maximum absolute atomic E-state index is 11.9. The van der Waals surface area contributed by atoms with Crippen molar-refractivity contribution in [2.75, 3.05) is 6.61 Å². The highest BCUT2D eigenvalue weighted by Crippen LogP contribution is 2.40. The third kappa shape index (κ3) is 4.91. The Bertz CT molecular complexity index is 744. The first-order chi connectivity index (χ1) is 11.4. The van der Waals surface area contributed by atoms with E-state index in [0.29, 0.717) is 5.75 Å². The maximum Gasteiger partial charge on any atom is 0.277 e. The van der Waals surface area contributed by atoms with Crippen LogP contribution >= 0.6 is 43.2 Å². The van der Waals surface area contributed by atoms with Gasteiger partial charge in [-0.05, 0) is 57.4 Å². The van der Waals surface area contributed by atoms with E-state index in [-0.39, 0.29) is 18.4 Å². The Morgan fingerprint density at radius 2 is 2.21 bits per heavy atom. The van der Waals surface area contributed by atoms with Crippen molar-refractivity contribution in [1.29, 1.82) is 0 Å². The molecule has 0 fully saturated rings. The minimum absolute atomic E-state index is 0.0961. The van der Waals surface area contributed by atoms with E-state index in [2.05, 4.69) is 56.2 Å². The van der Waals surface area contributed by atoms with Crippen LogP contribution in [0.15, 0.2) is 37.6 Å². The van der Waals surface area contributed by atoms with Crippen LogP contribution in [-0.4, -0.2) is 18.7 Å². The Labute approximate surface area is 162 Å². The Morgan fingerprint density at radius 1 is 1.46 bits per heavy atom. The smallest absolute Gasteiger partial charge is 0.277 e. The number of nitrogens with zero attached hydrogens (tertiary/aromatic N) is 1. The molecule has 4 nitrogen and oxygen atoms in total. The molecule has 1 amide bonds. The average molecular weight is 474 g/mol. The Hall–Kier alpha value is -1.18. The SMILES string of the molecule is Cc1c(Br)cc(C(C)C)c(OCC(=O)N/N=C\c2cccs2)c1Br. The maximum atomic E-state index is 11.9. The summed E-state index contributed by atoms with van der Waals surface area (Å²) in [6.07, 6.45) is 1.61. The first kappa shape index (κ1) is 19.1. The molecule has 24 heavy (non-hydrogen) atoms. The van der Waals surface area contributed by atoms with Gasteiger partial charge in [0.15, 0.2) is 6.61 Å². The fraction of sp³-hybridized carbons (Fsp3) is 0.294. The predicted molar refractivity (Wildman–Crippen MR) is 106 cm³/mol. The molecule has 0 aliphatic heterocycles. The zero-order valence-electron chi connectivity index (χ0n) is 13.6. The van der Waals surface area contributed by atoms with E-state index in [9.17, 15) is 4.79 Å². The third-order valence-electron chi connectivity index (χ3n) is 3.33. The number of hydrogen-bond acceptors (Lipinski definition) is 4. The van der Waals surface area contributed by atoms with E-state index in [1.807, 2.05) is 30.5 Å². The number of carbonyl (C=O) groups is 1. The summed E-state index contributed by atoms with van der Waals surface area (Å²) in [6.45, 7) is 6.06. The number of nitrogens with one attached hydrogen (secondary N) is 1. The summed E-state index contributed by atoms with van der Waals surface area (Å²) in [5.41, 5.74) is 4.54. The van der Waals surface area contributed by atoms with Crippen LogP contribution in [0.5, 0.6) is 5.75 Å². The highest BCUT2D eigenvalue weighted by Gasteiger charge is 2.17. The van der Waals surface area contributed by atoms with Crippen molar-refractivity contribution in [1.82, 2.24) is 5.43 Å². The van der Waals surface area contributed by atoms with Gasteiger partial charge >= 0.3 is 0 Å². The van der Waals surface area contributed by atoms with E-state index < -0.39 is 0 Å². The largest absolute Gasteiger partial charge is 0.482 e. The van der Waals surface area contributed by atoms with Gasteiger partial charge in [-0.15, -0.1) is 11.3 Å². The van der Waals surface area contributed by atoms with Gasteiger partial charge in [-0.3, -0.25) is 4.79 Å². The molecule has 0 bridgehead atoms. The average Bonchev–Trinajstić information content (AvgIpc) is 3.04. The van der Waals surface area contributed by atoms with Gasteiger partial charge in [-0.1, -0.05) is 35.8 Å². The number of hydrogen-bond donors (Lipinski definition) is 1. The Balaban J connectivity index is 2.03. The number of halogens is 2. The zero-order valence-corrected chi connectivity index (χ0v) is 17.6. The number of benzene rings is 1. The number of rotatable bonds is 6. The van der Waals surface area contributed by atoms with Crippen molar-refractivity contribution >= 4 is 55.3 Å². The van der Waals surface area contributed by atoms with Crippen LogP contribution in [-0.2, 0) is 4.79 Å². The van der Waals surface area contributed by atoms with Crippen LogP contribution in [0.1, 0.15) is 35.8 Å². The molecule has 2 rings (SSSR count). The molecule has 0 unspecified atom stereocenters. The lowest BCUT2D eigenvalue weighted by atomic mass is 10.0. The summed E-state index contributed by atoms with van der Waals surface area (Å²) in [7, 11) is 0. The summed E-state index contributed by atoms with van der Waals surface area (Å²) in [5.74, 6) is 0.668. The summed E-state index contributed by atoms with van der Waals surface area (Å²) >= 11 is 8.67. The van der Waals surface area contributed by atoms with E-state index in [1.54, 1.807) is 17.6 Å². The summed E-state index contributed by atoms with van der Waals surface area (Å²) in [4.78, 5) is 12.9. The lowest BCUT2D eigenvalue weighted by Gasteiger charge is -2.18. The fourth-order valence-corrected chi connectivity index (χ4v) is 3.84. The van der Waals surface area contributed by atoms with Gasteiger partial charge in [0.25, 0.3) is 5.91 Å². The van der Waals surface area contributed by atoms with Crippen LogP contribution in [0.2, 0.25) is 0 Å². The van der Waals surface area contributed by atoms with Crippen LogP contribution in [0.3, 0.4) is 0 Å². The highest BCUT2D eigenvalue weighted by atomic mass is 79.9. The number of ether oxygens (including phenoxy) is 1. The highest BCUT2D eigenvalue weighted by molar-refractivity contribution is 9.11. The standard InChI is InChI=1S/C17H18Br2N2O2S/c1-10(2)13-7-14(18)11(3)16(19)17(13)23-9-15(22)21-20-8-12-5-4-6-24-12/h4-8,10H,9H2,1-3H3,(H,21,22)/b20-8-. The van der Waals surface area contributed by atoms with Crippen molar-refractivity contribution in [2.24, 2.45) is 5.10 Å². The second kappa shape index (κ2) is 8.78. The molecule has 7 heteroatoms. The molecule has 0 saturated heterocycles. The molecule has 0 radical (unpaired) electrons. The Morgan fingerprint density at radius 3 is 2.83 bits per heavy atom. The molecular formula is C17H18Br2N2O2S. The van der Waals surface area contributed by atoms with Gasteiger partial charge in [0.05, 0.1) is 10.7 Å². The normalized spacial score (nSPS) is 11.2. The van der Waals surface area contributed by atoms with Crippen molar-refractivity contribution < 1.29 is 9.53 Å². The van der Waals surface area contributed by atoms with Crippen LogP contribution < -0.4 is 10.2 Å². The lowest BCUT2D eigenvalue weighted by molar-refractivity contribution is -0.123. The van der Waals surface area contributed by atoms with Gasteiger partial charge in [-0.25, -0.2) is 5.43 Å². The molecule has 0 aliphatic carbocycles. The number of hydrazone groups is 1. The van der Waals surface area contributed by atoms with Crippen molar-refractivity contribution in [3.8, 4) is 5.75 Å². The van der Waals surface area contributed by atoms with E-state index in [4.69, 9.17) is 4.74 Å². The first-order valence-corrected chi connectivity index (χ1v) is 9.83. The van der Waals surface area contributed by atoms with Crippen LogP contribution in [0, 0.1) is 6.92 Å². The molecule has 1 N–H and O–H groups in total. The Kier molecular flexibility index (Phi) is 7.01. The predicted octanol–water partition coefficient (Wildman–Crippen LogP) is 5.23. The molecule has 1 aromatic heterocycles. The zero-order chi connectivity index (χ0) is 17.7. The first-order valence-electron chi connectivity index (χ1n) is 7.36. The molecule has 128 valence electrons. The second-order valence-electron chi connectivity index (χ2n) is 5.47. The quantitative estimate of drug-likeness (QED) is 0.461. The minimum atomic E-state index is -0.301. The molecule has 0 saturated carbocycles. The third-order valence-corrected chi connectivity index (χ3v) is 5.91. The molecule has 0 spiro atoms. The molecule has 0 atom stereocenters. The van der Waals surface area contributed by atoms with Gasteiger partial charge in [0, 0.05) is 9.35 Å². The minimum Gasteiger partial charge on any atom is -0.482 e. The lowest BCUT2D eigenvalue weighted by Crippen LogP contribution is -2.25. The molecule has 1 heterocycles. The molecule has 2 aromatic rings. The number of carbonyl (C=O) groups excluding carboxylic acids is 1. The van der Waals surface area contributed by atoms with Gasteiger partial charge in [0.1, 0.15) is 5.75 Å². The van der Waals surface area contributed by atoms with Gasteiger partial charge in [0.2, 0.25) is 0 Å². The molecular weight excluding hydrogens is 456 g/mol. The molecule has 0 aliphatic rings. The van der Waals surface area contributed by atoms with Crippen LogP contribution in [0.4, 0.5) is 0 Å². The van der Waals surface area contributed by atoms with Gasteiger partial charge in [-0.2, -0.15) is 5.10 Å². The second-order valence-corrected chi connectivity index (χ2v) is 8.09. The monoisotopic (exact) mass is 472 g/mol. The van der Waals surface area contributed by atoms with Crippen molar-refractivity contribution in [3.63, 3.8) is 0 Å². The summed E-state index contributed by atoms with van der Waals surface area (Å²) in [5, 5.41) is 5.88. The number of amides is 1. The summed E-state index contributed by atoms with van der Waals surface area (Å²) < 4.78 is 7.63. The van der Waals surface area contributed by atoms with E-state index >= 15 is 0 Å². The van der Waals surface area contributed by atoms with Crippen molar-refractivity contribution in [3.05, 3.63) is 48.5 Å². The summed E-state index contributed by atoms with van der Waals surface area (Å²) in [6, 6.07) is 5.89. The number of thiophene rings is 1. The molecule has 1 aromatic carbocycles. The van der Waals surface area contributed by atoms with Crippen LogP contribution in [0.25, 0.3) is 0 Å². The topological polar surface area (TPSA) is 50.7 Å². The van der Waals surface area contributed by atoms with E-state index in [1.165, 1.54) is 0 Å². The fourth-order valence-electron chi connectivity index (χ4n) is 1.99. The van der Waals surface area contributed by atoms with Crippen molar-refractivity contribution in [2.45, 2.75) is 26.7 Å².